The fraction of sp³-hybridized carbons (Fsp3) is 0.462. The number of hydrogen-bond donors (Lipinski definition) is 1. The summed E-state index contributed by atoms with van der Waals surface area (Å²) in [5.41, 5.74) is 1.47. The van der Waals surface area contributed by atoms with Crippen molar-refractivity contribution in [3.05, 3.63) is 64.4 Å². The SMILES string of the molecule is CC[C@H](C)NC(=O)[C@H](C)N(Cc1ccccc1F)C(=O)CCCN(c1cc(Cl)ccc1C)S(C)(=O)=O. The van der Waals surface area contributed by atoms with Gasteiger partial charge in [0.2, 0.25) is 21.8 Å². The van der Waals surface area contributed by atoms with Gasteiger partial charge in [-0.05, 0) is 57.4 Å². The van der Waals surface area contributed by atoms with Gasteiger partial charge in [-0.2, -0.15) is 0 Å². The van der Waals surface area contributed by atoms with Crippen LogP contribution in [0.1, 0.15) is 51.2 Å². The van der Waals surface area contributed by atoms with E-state index >= 15 is 0 Å². The number of anilines is 1. The Balaban J connectivity index is 2.22. The van der Waals surface area contributed by atoms with E-state index in [-0.39, 0.29) is 43.8 Å². The molecule has 198 valence electrons. The van der Waals surface area contributed by atoms with Crippen LogP contribution in [0.5, 0.6) is 0 Å². The number of carbonyl (C=O) groups is 2. The lowest BCUT2D eigenvalue weighted by atomic mass is 10.1. The topological polar surface area (TPSA) is 86.8 Å². The zero-order chi connectivity index (χ0) is 27.0. The molecule has 0 fully saturated rings. The maximum Gasteiger partial charge on any atom is 0.242 e. The van der Waals surface area contributed by atoms with Crippen molar-refractivity contribution in [2.45, 2.75) is 65.6 Å². The summed E-state index contributed by atoms with van der Waals surface area (Å²) in [6, 6.07) is 10.2. The normalized spacial score (nSPS) is 13.1. The lowest BCUT2D eigenvalue weighted by Crippen LogP contribution is -2.49. The first-order valence-corrected chi connectivity index (χ1v) is 14.1. The fourth-order valence-electron chi connectivity index (χ4n) is 3.69. The van der Waals surface area contributed by atoms with Crippen LogP contribution in [0.15, 0.2) is 42.5 Å². The summed E-state index contributed by atoms with van der Waals surface area (Å²) in [4.78, 5) is 27.4. The van der Waals surface area contributed by atoms with Crippen LogP contribution in [0.3, 0.4) is 0 Å². The Morgan fingerprint density at radius 2 is 1.81 bits per heavy atom. The minimum atomic E-state index is -3.64. The first-order valence-electron chi connectivity index (χ1n) is 11.9. The van der Waals surface area contributed by atoms with Crippen LogP contribution in [0.2, 0.25) is 5.02 Å². The largest absolute Gasteiger partial charge is 0.352 e. The van der Waals surface area contributed by atoms with Gasteiger partial charge in [0.05, 0.1) is 11.9 Å². The van der Waals surface area contributed by atoms with Crippen molar-refractivity contribution in [2.24, 2.45) is 0 Å². The Morgan fingerprint density at radius 1 is 1.14 bits per heavy atom. The minimum absolute atomic E-state index is 0.0267. The summed E-state index contributed by atoms with van der Waals surface area (Å²) in [6.07, 6.45) is 2.00. The van der Waals surface area contributed by atoms with Gasteiger partial charge >= 0.3 is 0 Å². The van der Waals surface area contributed by atoms with Crippen molar-refractivity contribution in [2.75, 3.05) is 17.1 Å². The number of nitrogens with zero attached hydrogens (tertiary/aromatic N) is 2. The van der Waals surface area contributed by atoms with E-state index in [1.54, 1.807) is 50.2 Å². The van der Waals surface area contributed by atoms with E-state index in [4.69, 9.17) is 11.6 Å². The maximum atomic E-state index is 14.4. The van der Waals surface area contributed by atoms with E-state index in [1.165, 1.54) is 15.3 Å². The van der Waals surface area contributed by atoms with Crippen molar-refractivity contribution >= 4 is 39.1 Å². The molecule has 0 saturated heterocycles. The van der Waals surface area contributed by atoms with E-state index < -0.39 is 21.9 Å². The molecule has 0 aromatic heterocycles. The predicted octanol–water partition coefficient (Wildman–Crippen LogP) is 4.67. The second kappa shape index (κ2) is 13.1. The van der Waals surface area contributed by atoms with Gasteiger partial charge in [-0.25, -0.2) is 12.8 Å². The Hall–Kier alpha value is -2.65. The highest BCUT2D eigenvalue weighted by molar-refractivity contribution is 7.92. The summed E-state index contributed by atoms with van der Waals surface area (Å²) in [6.45, 7) is 7.16. The third-order valence-electron chi connectivity index (χ3n) is 6.06. The van der Waals surface area contributed by atoms with E-state index in [0.717, 1.165) is 18.2 Å². The van der Waals surface area contributed by atoms with E-state index in [0.29, 0.717) is 16.3 Å². The number of benzene rings is 2. The molecule has 10 heteroatoms. The Bertz CT molecular complexity index is 1180. The van der Waals surface area contributed by atoms with Crippen LogP contribution < -0.4 is 9.62 Å². The highest BCUT2D eigenvalue weighted by atomic mass is 35.5. The van der Waals surface area contributed by atoms with Gasteiger partial charge in [-0.3, -0.25) is 13.9 Å². The highest BCUT2D eigenvalue weighted by Crippen LogP contribution is 2.27. The second-order valence-corrected chi connectivity index (χ2v) is 11.3. The van der Waals surface area contributed by atoms with Gasteiger partial charge in [0, 0.05) is 36.1 Å². The number of hydrogen-bond acceptors (Lipinski definition) is 4. The molecule has 2 rings (SSSR count). The lowest BCUT2D eigenvalue weighted by Gasteiger charge is -2.30. The number of nitrogens with one attached hydrogen (secondary N) is 1. The van der Waals surface area contributed by atoms with E-state index in [2.05, 4.69) is 5.32 Å². The van der Waals surface area contributed by atoms with Gasteiger partial charge in [0.1, 0.15) is 11.9 Å². The van der Waals surface area contributed by atoms with Gasteiger partial charge in [-0.1, -0.05) is 42.8 Å². The first kappa shape index (κ1) is 29.6. The Morgan fingerprint density at radius 3 is 2.42 bits per heavy atom. The molecule has 2 aromatic carbocycles. The zero-order valence-corrected chi connectivity index (χ0v) is 23.0. The molecule has 0 aliphatic heterocycles. The molecule has 7 nitrogen and oxygen atoms in total. The van der Waals surface area contributed by atoms with Crippen LogP contribution in [0, 0.1) is 12.7 Å². The molecule has 0 spiro atoms. The van der Waals surface area contributed by atoms with Crippen LogP contribution in [-0.4, -0.2) is 50.0 Å². The Kier molecular flexibility index (Phi) is 10.7. The summed E-state index contributed by atoms with van der Waals surface area (Å²) in [7, 11) is -3.64. The molecule has 0 radical (unpaired) electrons. The third-order valence-corrected chi connectivity index (χ3v) is 7.47. The van der Waals surface area contributed by atoms with Crippen molar-refractivity contribution in [1.82, 2.24) is 10.2 Å². The molecule has 0 heterocycles. The number of carbonyl (C=O) groups excluding carboxylic acids is 2. The smallest absolute Gasteiger partial charge is 0.242 e. The van der Waals surface area contributed by atoms with Crippen LogP contribution >= 0.6 is 11.6 Å². The fourth-order valence-corrected chi connectivity index (χ4v) is 4.87. The molecule has 0 bridgehead atoms. The molecule has 36 heavy (non-hydrogen) atoms. The third kappa shape index (κ3) is 8.20. The van der Waals surface area contributed by atoms with Gasteiger partial charge < -0.3 is 10.2 Å². The molecule has 0 saturated carbocycles. The molecular formula is C26H35ClFN3O4S. The molecule has 2 aromatic rings. The van der Waals surface area contributed by atoms with E-state index in [9.17, 15) is 22.4 Å². The molecule has 1 N–H and O–H groups in total. The summed E-state index contributed by atoms with van der Waals surface area (Å²) in [5, 5.41) is 3.27. The molecule has 0 unspecified atom stereocenters. The minimum Gasteiger partial charge on any atom is -0.352 e. The van der Waals surface area contributed by atoms with Crippen LogP contribution in [-0.2, 0) is 26.2 Å². The van der Waals surface area contributed by atoms with Crippen molar-refractivity contribution < 1.29 is 22.4 Å². The summed E-state index contributed by atoms with van der Waals surface area (Å²) >= 11 is 6.09. The van der Waals surface area contributed by atoms with Gasteiger partial charge in [0.25, 0.3) is 0 Å². The average Bonchev–Trinajstić information content (AvgIpc) is 2.81. The molecular weight excluding hydrogens is 505 g/mol. The maximum absolute atomic E-state index is 14.4. The van der Waals surface area contributed by atoms with Crippen LogP contribution in [0.25, 0.3) is 0 Å². The summed E-state index contributed by atoms with van der Waals surface area (Å²) < 4.78 is 40.6. The monoisotopic (exact) mass is 539 g/mol. The zero-order valence-electron chi connectivity index (χ0n) is 21.4. The molecule has 0 aliphatic carbocycles. The van der Waals surface area contributed by atoms with Crippen molar-refractivity contribution in [3.63, 3.8) is 0 Å². The first-order chi connectivity index (χ1) is 16.8. The van der Waals surface area contributed by atoms with Crippen molar-refractivity contribution in [3.8, 4) is 0 Å². The summed E-state index contributed by atoms with van der Waals surface area (Å²) in [5.74, 6) is -1.17. The molecule has 0 aliphatic rings. The second-order valence-electron chi connectivity index (χ2n) is 8.98. The quantitative estimate of drug-likeness (QED) is 0.425. The predicted molar refractivity (Wildman–Crippen MR) is 142 cm³/mol. The number of rotatable bonds is 12. The standard InChI is InChI=1S/C26H35ClFN3O4S/c1-6-19(3)29-26(33)20(4)30(17-21-10-7-8-11-23(21)28)25(32)12-9-15-31(36(5,34)35)24-16-22(27)14-13-18(24)2/h7-8,10-11,13-14,16,19-20H,6,9,12,15,17H2,1-5H3,(H,29,33)/t19-,20-/m0/s1. The number of sulfonamides is 1. The van der Waals surface area contributed by atoms with E-state index in [1.807, 2.05) is 13.8 Å². The van der Waals surface area contributed by atoms with Crippen LogP contribution in [0.4, 0.5) is 10.1 Å². The highest BCUT2D eigenvalue weighted by Gasteiger charge is 2.28. The number of aryl methyl sites for hydroxylation is 1. The molecule has 2 atom stereocenters. The van der Waals surface area contributed by atoms with Crippen molar-refractivity contribution in [1.29, 1.82) is 0 Å². The van der Waals surface area contributed by atoms with Gasteiger partial charge in [-0.15, -0.1) is 0 Å². The Labute approximate surface area is 218 Å². The van der Waals surface area contributed by atoms with Gasteiger partial charge in [0.15, 0.2) is 0 Å². The lowest BCUT2D eigenvalue weighted by molar-refractivity contribution is -0.141. The number of amides is 2. The number of halogens is 2. The average molecular weight is 540 g/mol. The molecule has 2 amide bonds.